The van der Waals surface area contributed by atoms with E-state index >= 15 is 0 Å². The summed E-state index contributed by atoms with van der Waals surface area (Å²) in [6, 6.07) is 16.9. The monoisotopic (exact) mass is 426 g/mol. The lowest BCUT2D eigenvalue weighted by Gasteiger charge is -2.29. The van der Waals surface area contributed by atoms with Gasteiger partial charge in [0.15, 0.2) is 0 Å². The van der Waals surface area contributed by atoms with Gasteiger partial charge in [-0.15, -0.1) is 5.10 Å². The Kier molecular flexibility index (Phi) is 6.10. The number of hydrogen-bond acceptors (Lipinski definition) is 5. The first-order chi connectivity index (χ1) is 15.8. The van der Waals surface area contributed by atoms with Crippen molar-refractivity contribution in [3.05, 3.63) is 77.6 Å². The van der Waals surface area contributed by atoms with Crippen LogP contribution in [0.5, 0.6) is 0 Å². The maximum atomic E-state index is 6.11. The van der Waals surface area contributed by atoms with Gasteiger partial charge in [0, 0.05) is 18.3 Å². The van der Waals surface area contributed by atoms with Crippen molar-refractivity contribution in [2.45, 2.75) is 56.8 Å². The number of fused-ring (bicyclic) bond motifs is 1. The quantitative estimate of drug-likeness (QED) is 0.401. The average Bonchev–Trinajstić information content (AvgIpc) is 3.31. The highest BCUT2D eigenvalue weighted by Gasteiger charge is 2.24. The zero-order chi connectivity index (χ0) is 21.8. The highest BCUT2D eigenvalue weighted by molar-refractivity contribution is 5.77. The van der Waals surface area contributed by atoms with E-state index in [0.717, 1.165) is 23.4 Å². The van der Waals surface area contributed by atoms with Crippen LogP contribution in [0.1, 0.15) is 73.5 Å². The Bertz CT molecular complexity index is 1130. The molecule has 1 unspecified atom stereocenters. The minimum atomic E-state index is 0.237. The predicted octanol–water partition coefficient (Wildman–Crippen LogP) is 5.61. The number of aromatic nitrogens is 5. The Labute approximate surface area is 188 Å². The Morgan fingerprint density at radius 1 is 1.00 bits per heavy atom. The van der Waals surface area contributed by atoms with Crippen LogP contribution in [0, 0.1) is 5.92 Å². The standard InChI is InChI=1S/C26H30N6/c27-24-16-23(25-26(29-24)31-32-30-25)22(20-7-2-1-3-8-20)10-4-6-18-11-13-19(14-12-18)21-9-5-15-28-17-21/h1-3,5,7-9,15-19,22H,4,6,10-14H2,(H3,27,29,30,31,32). The molecule has 164 valence electrons. The maximum Gasteiger partial charge on any atom is 0.203 e. The van der Waals surface area contributed by atoms with E-state index in [1.54, 1.807) is 0 Å². The summed E-state index contributed by atoms with van der Waals surface area (Å²) in [7, 11) is 0. The Morgan fingerprint density at radius 3 is 2.62 bits per heavy atom. The molecule has 0 spiro atoms. The summed E-state index contributed by atoms with van der Waals surface area (Å²) in [5.74, 6) is 2.23. The number of nitrogens with two attached hydrogens (primary N) is 1. The summed E-state index contributed by atoms with van der Waals surface area (Å²) in [6.07, 6.45) is 12.6. The van der Waals surface area contributed by atoms with E-state index in [-0.39, 0.29) is 5.92 Å². The smallest absolute Gasteiger partial charge is 0.203 e. The van der Waals surface area contributed by atoms with E-state index in [4.69, 9.17) is 5.73 Å². The number of nitrogens with one attached hydrogen (secondary N) is 1. The van der Waals surface area contributed by atoms with Crippen molar-refractivity contribution in [2.24, 2.45) is 5.92 Å². The molecule has 1 aromatic carbocycles. The normalized spacial score (nSPS) is 19.8. The molecule has 3 N–H and O–H groups in total. The van der Waals surface area contributed by atoms with E-state index in [1.165, 1.54) is 49.7 Å². The third-order valence-corrected chi connectivity index (χ3v) is 7.03. The van der Waals surface area contributed by atoms with Crippen molar-refractivity contribution in [1.82, 2.24) is 25.4 Å². The third-order valence-electron chi connectivity index (χ3n) is 7.03. The number of benzene rings is 1. The summed E-state index contributed by atoms with van der Waals surface area (Å²) >= 11 is 0. The first-order valence-corrected chi connectivity index (χ1v) is 11.7. The second kappa shape index (κ2) is 9.47. The van der Waals surface area contributed by atoms with Crippen LogP contribution < -0.4 is 5.73 Å². The minimum absolute atomic E-state index is 0.237. The molecule has 0 radical (unpaired) electrons. The zero-order valence-corrected chi connectivity index (χ0v) is 18.3. The first kappa shape index (κ1) is 20.6. The number of aromatic amines is 1. The van der Waals surface area contributed by atoms with Crippen LogP contribution in [0.4, 0.5) is 5.82 Å². The molecule has 1 aliphatic carbocycles. The third kappa shape index (κ3) is 4.49. The highest BCUT2D eigenvalue weighted by Crippen LogP contribution is 2.39. The fourth-order valence-electron chi connectivity index (χ4n) is 5.34. The molecule has 0 saturated heterocycles. The van der Waals surface area contributed by atoms with Crippen molar-refractivity contribution in [2.75, 3.05) is 5.73 Å². The van der Waals surface area contributed by atoms with E-state index in [1.807, 2.05) is 18.5 Å². The van der Waals surface area contributed by atoms with Gasteiger partial charge in [0.05, 0.1) is 0 Å². The Morgan fingerprint density at radius 2 is 1.84 bits per heavy atom. The maximum absolute atomic E-state index is 6.11. The van der Waals surface area contributed by atoms with Gasteiger partial charge in [-0.05, 0) is 72.8 Å². The van der Waals surface area contributed by atoms with Crippen LogP contribution >= 0.6 is 0 Å². The molecule has 6 heteroatoms. The van der Waals surface area contributed by atoms with Crippen molar-refractivity contribution >= 4 is 17.0 Å². The van der Waals surface area contributed by atoms with Crippen LogP contribution in [0.25, 0.3) is 11.2 Å². The van der Waals surface area contributed by atoms with Crippen LogP contribution in [-0.2, 0) is 0 Å². The van der Waals surface area contributed by atoms with Crippen LogP contribution in [0.3, 0.4) is 0 Å². The van der Waals surface area contributed by atoms with E-state index in [9.17, 15) is 0 Å². The number of nitrogens with zero attached hydrogens (tertiary/aromatic N) is 4. The first-order valence-electron chi connectivity index (χ1n) is 11.7. The lowest BCUT2D eigenvalue weighted by molar-refractivity contribution is 0.301. The Balaban J connectivity index is 1.26. The number of rotatable bonds is 7. The van der Waals surface area contributed by atoms with Crippen LogP contribution in [0.15, 0.2) is 60.9 Å². The van der Waals surface area contributed by atoms with Crippen molar-refractivity contribution in [1.29, 1.82) is 0 Å². The minimum Gasteiger partial charge on any atom is -0.384 e. The van der Waals surface area contributed by atoms with Gasteiger partial charge in [0.25, 0.3) is 0 Å². The van der Waals surface area contributed by atoms with Gasteiger partial charge in [-0.25, -0.2) is 4.98 Å². The molecule has 3 heterocycles. The Hall–Kier alpha value is -3.28. The lowest BCUT2D eigenvalue weighted by atomic mass is 9.76. The molecule has 0 bridgehead atoms. The van der Waals surface area contributed by atoms with Crippen molar-refractivity contribution in [3.8, 4) is 0 Å². The molecule has 6 nitrogen and oxygen atoms in total. The van der Waals surface area contributed by atoms with E-state index < -0.39 is 0 Å². The predicted molar refractivity (Wildman–Crippen MR) is 127 cm³/mol. The molecule has 1 fully saturated rings. The molecule has 32 heavy (non-hydrogen) atoms. The molecule has 3 aromatic heterocycles. The highest BCUT2D eigenvalue weighted by atomic mass is 15.3. The largest absolute Gasteiger partial charge is 0.384 e. The molecular formula is C26H30N6. The topological polar surface area (TPSA) is 93.4 Å². The van der Waals surface area contributed by atoms with E-state index in [2.05, 4.69) is 67.8 Å². The second-order valence-corrected chi connectivity index (χ2v) is 9.03. The average molecular weight is 427 g/mol. The SMILES string of the molecule is Nc1cc(C(CCCC2CCC(c3cccnc3)CC2)c2ccccc2)c2n[nH]nc2n1. The molecule has 1 atom stereocenters. The number of hydrogen-bond donors (Lipinski definition) is 2. The van der Waals surface area contributed by atoms with Gasteiger partial charge >= 0.3 is 0 Å². The van der Waals surface area contributed by atoms with E-state index in [0.29, 0.717) is 17.4 Å². The van der Waals surface area contributed by atoms with Gasteiger partial charge < -0.3 is 5.73 Å². The summed E-state index contributed by atoms with van der Waals surface area (Å²) in [5, 5.41) is 11.3. The fourth-order valence-corrected chi connectivity index (χ4v) is 5.34. The van der Waals surface area contributed by atoms with Gasteiger partial charge in [-0.3, -0.25) is 4.98 Å². The van der Waals surface area contributed by atoms with Crippen LogP contribution in [-0.4, -0.2) is 25.4 Å². The molecule has 0 aliphatic heterocycles. The van der Waals surface area contributed by atoms with Crippen LogP contribution in [0.2, 0.25) is 0 Å². The van der Waals surface area contributed by atoms with Gasteiger partial charge in [0.1, 0.15) is 11.3 Å². The molecule has 4 aromatic rings. The summed E-state index contributed by atoms with van der Waals surface area (Å²) in [6.45, 7) is 0. The zero-order valence-electron chi connectivity index (χ0n) is 18.3. The molecule has 0 amide bonds. The second-order valence-electron chi connectivity index (χ2n) is 9.03. The summed E-state index contributed by atoms with van der Waals surface area (Å²) in [5.41, 5.74) is 11.3. The van der Waals surface area contributed by atoms with Gasteiger partial charge in [-0.2, -0.15) is 10.3 Å². The van der Waals surface area contributed by atoms with Crippen molar-refractivity contribution < 1.29 is 0 Å². The van der Waals surface area contributed by atoms with Gasteiger partial charge in [-0.1, -0.05) is 49.2 Å². The molecule has 5 rings (SSSR count). The van der Waals surface area contributed by atoms with Crippen molar-refractivity contribution in [3.63, 3.8) is 0 Å². The molecular weight excluding hydrogens is 396 g/mol. The molecule has 1 aliphatic rings. The number of nitrogen functional groups attached to an aromatic ring is 1. The number of H-pyrrole nitrogens is 1. The number of anilines is 1. The summed E-state index contributed by atoms with van der Waals surface area (Å²) in [4.78, 5) is 8.63. The summed E-state index contributed by atoms with van der Waals surface area (Å²) < 4.78 is 0. The fraction of sp³-hybridized carbons (Fsp3) is 0.385. The molecule has 1 saturated carbocycles. The lowest BCUT2D eigenvalue weighted by Crippen LogP contribution is -2.14. The van der Waals surface area contributed by atoms with Gasteiger partial charge in [0.2, 0.25) is 5.65 Å². The number of pyridine rings is 2.